The normalized spacial score (nSPS) is 17.0. The molecule has 174 valence electrons. The third kappa shape index (κ3) is 6.18. The zero-order valence-corrected chi connectivity index (χ0v) is 20.2. The van der Waals surface area contributed by atoms with Gasteiger partial charge < -0.3 is 10.1 Å². The van der Waals surface area contributed by atoms with Crippen LogP contribution in [-0.4, -0.2) is 40.8 Å². The van der Waals surface area contributed by atoms with E-state index in [9.17, 15) is 9.59 Å². The van der Waals surface area contributed by atoms with Crippen molar-refractivity contribution in [3.8, 4) is 5.75 Å². The number of carbonyl (C=O) groups is 2. The first kappa shape index (κ1) is 23.9. The van der Waals surface area contributed by atoms with Crippen LogP contribution in [0.5, 0.6) is 5.75 Å². The smallest absolute Gasteiger partial charge is 0.238 e. The molecule has 0 saturated carbocycles. The largest absolute Gasteiger partial charge is 0.497 e. The van der Waals surface area contributed by atoms with Crippen LogP contribution in [0.15, 0.2) is 83.9 Å². The number of nitrogens with one attached hydrogen (secondary N) is 1. The average molecular weight is 494 g/mol. The summed E-state index contributed by atoms with van der Waals surface area (Å²) in [5.74, 6) is 0.266. The molecule has 1 N–H and O–H groups in total. The zero-order valence-electron chi connectivity index (χ0n) is 18.6. The first-order chi connectivity index (χ1) is 16.5. The second-order valence-corrected chi connectivity index (χ2v) is 9.29. The Kier molecular flexibility index (Phi) is 7.87. The van der Waals surface area contributed by atoms with Gasteiger partial charge in [0.2, 0.25) is 11.8 Å². The van der Waals surface area contributed by atoms with Crippen LogP contribution in [0.3, 0.4) is 0 Å². The van der Waals surface area contributed by atoms with Crippen LogP contribution in [0.25, 0.3) is 0 Å². The lowest BCUT2D eigenvalue weighted by atomic mass is 10.1. The van der Waals surface area contributed by atoms with Gasteiger partial charge in [-0.25, -0.2) is 4.99 Å². The SMILES string of the molecule is COc1cccc(NC(=O)C2CC(=O)N(CCc3ccc(Cl)cc3)C(=Nc3ccccc3)S2)c1. The molecule has 6 nitrogen and oxygen atoms in total. The fraction of sp³-hybridized carbons (Fsp3) is 0.192. The summed E-state index contributed by atoms with van der Waals surface area (Å²) in [6.45, 7) is 0.462. The molecule has 0 spiro atoms. The molecule has 1 aliphatic heterocycles. The molecular formula is C26H24ClN3O3S. The molecule has 34 heavy (non-hydrogen) atoms. The minimum Gasteiger partial charge on any atom is -0.497 e. The number of anilines is 1. The lowest BCUT2D eigenvalue weighted by Gasteiger charge is -2.32. The number of methoxy groups -OCH3 is 1. The monoisotopic (exact) mass is 493 g/mol. The third-order valence-corrected chi connectivity index (χ3v) is 6.73. The molecule has 8 heteroatoms. The minimum absolute atomic E-state index is 0.0922. The molecule has 1 unspecified atom stereocenters. The van der Waals surface area contributed by atoms with Crippen molar-refractivity contribution in [3.05, 3.63) is 89.4 Å². The highest BCUT2D eigenvalue weighted by Crippen LogP contribution is 2.30. The van der Waals surface area contributed by atoms with E-state index in [4.69, 9.17) is 21.3 Å². The second kappa shape index (κ2) is 11.2. The van der Waals surface area contributed by atoms with E-state index in [0.717, 1.165) is 11.3 Å². The number of nitrogens with zero attached hydrogens (tertiary/aromatic N) is 2. The molecular weight excluding hydrogens is 470 g/mol. The molecule has 4 rings (SSSR count). The van der Waals surface area contributed by atoms with E-state index in [0.29, 0.717) is 34.6 Å². The number of thioether (sulfide) groups is 1. The number of benzene rings is 3. The number of rotatable bonds is 7. The molecule has 1 heterocycles. The lowest BCUT2D eigenvalue weighted by molar-refractivity contribution is -0.129. The van der Waals surface area contributed by atoms with E-state index < -0.39 is 5.25 Å². The van der Waals surface area contributed by atoms with E-state index in [1.807, 2.05) is 54.6 Å². The van der Waals surface area contributed by atoms with E-state index in [1.165, 1.54) is 11.8 Å². The number of aliphatic imine (C=N–C) groups is 1. The van der Waals surface area contributed by atoms with Gasteiger partial charge >= 0.3 is 0 Å². The van der Waals surface area contributed by atoms with Crippen LogP contribution < -0.4 is 10.1 Å². The van der Waals surface area contributed by atoms with Gasteiger partial charge in [0.1, 0.15) is 11.0 Å². The highest BCUT2D eigenvalue weighted by molar-refractivity contribution is 8.15. The summed E-state index contributed by atoms with van der Waals surface area (Å²) in [6, 6.07) is 24.1. The van der Waals surface area contributed by atoms with E-state index >= 15 is 0 Å². The predicted octanol–water partition coefficient (Wildman–Crippen LogP) is 5.55. The standard InChI is InChI=1S/C26H24ClN3O3S/c1-33-22-9-5-8-21(16-22)28-25(32)23-17-24(31)30(15-14-18-10-12-19(27)13-11-18)26(34-23)29-20-6-3-2-4-7-20/h2-13,16,23H,14-15,17H2,1H3,(H,28,32). The molecule has 0 aliphatic carbocycles. The van der Waals surface area contributed by atoms with Crippen LogP contribution in [-0.2, 0) is 16.0 Å². The number of amides is 2. The molecule has 0 bridgehead atoms. The van der Waals surface area contributed by atoms with Crippen LogP contribution in [0.1, 0.15) is 12.0 Å². The summed E-state index contributed by atoms with van der Waals surface area (Å²) in [5, 5.41) is 3.49. The Bertz CT molecular complexity index is 1190. The molecule has 1 aliphatic rings. The topological polar surface area (TPSA) is 71.0 Å². The molecule has 2 amide bonds. The number of hydrogen-bond acceptors (Lipinski definition) is 5. The van der Waals surface area contributed by atoms with Gasteiger partial charge in [-0.1, -0.05) is 59.8 Å². The van der Waals surface area contributed by atoms with Crippen molar-refractivity contribution in [2.75, 3.05) is 19.0 Å². The molecule has 3 aromatic rings. The summed E-state index contributed by atoms with van der Waals surface area (Å²) in [5.41, 5.74) is 2.41. The quantitative estimate of drug-likeness (QED) is 0.468. The molecule has 3 aromatic carbocycles. The first-order valence-electron chi connectivity index (χ1n) is 10.8. The summed E-state index contributed by atoms with van der Waals surface area (Å²) >= 11 is 7.29. The first-order valence-corrected chi connectivity index (χ1v) is 12.1. The minimum atomic E-state index is -0.590. The van der Waals surface area contributed by atoms with Gasteiger partial charge in [-0.05, 0) is 48.4 Å². The number of hydrogen-bond donors (Lipinski definition) is 1. The van der Waals surface area contributed by atoms with Gasteiger partial charge in [-0.2, -0.15) is 0 Å². The number of ether oxygens (including phenoxy) is 1. The number of halogens is 1. The molecule has 0 aromatic heterocycles. The average Bonchev–Trinajstić information content (AvgIpc) is 2.85. The van der Waals surface area contributed by atoms with Gasteiger partial charge in [0.25, 0.3) is 0 Å². The Hall–Kier alpha value is -3.29. The number of amidine groups is 1. The van der Waals surface area contributed by atoms with Crippen LogP contribution in [0, 0.1) is 0 Å². The Morgan fingerprint density at radius 3 is 2.62 bits per heavy atom. The van der Waals surface area contributed by atoms with Gasteiger partial charge in [0.05, 0.1) is 12.8 Å². The van der Waals surface area contributed by atoms with Gasteiger partial charge in [0.15, 0.2) is 5.17 Å². The molecule has 1 saturated heterocycles. The predicted molar refractivity (Wildman–Crippen MR) is 138 cm³/mol. The van der Waals surface area contributed by atoms with Crippen molar-refractivity contribution in [1.29, 1.82) is 0 Å². The summed E-state index contributed by atoms with van der Waals surface area (Å²) in [7, 11) is 1.57. The molecule has 1 fully saturated rings. The van der Waals surface area contributed by atoms with Crippen molar-refractivity contribution in [3.63, 3.8) is 0 Å². The van der Waals surface area contributed by atoms with Gasteiger partial charge in [-0.15, -0.1) is 0 Å². The molecule has 1 atom stereocenters. The number of para-hydroxylation sites is 1. The van der Waals surface area contributed by atoms with Crippen LogP contribution >= 0.6 is 23.4 Å². The zero-order chi connectivity index (χ0) is 23.9. The highest BCUT2D eigenvalue weighted by atomic mass is 35.5. The van der Waals surface area contributed by atoms with Crippen LogP contribution in [0.4, 0.5) is 11.4 Å². The fourth-order valence-electron chi connectivity index (χ4n) is 3.49. The maximum Gasteiger partial charge on any atom is 0.238 e. The molecule has 0 radical (unpaired) electrons. The highest BCUT2D eigenvalue weighted by Gasteiger charge is 2.35. The van der Waals surface area contributed by atoms with Gasteiger partial charge in [0, 0.05) is 29.7 Å². The van der Waals surface area contributed by atoms with Gasteiger partial charge in [-0.3, -0.25) is 14.5 Å². The second-order valence-electron chi connectivity index (χ2n) is 7.68. The van der Waals surface area contributed by atoms with Crippen molar-refractivity contribution >= 4 is 51.7 Å². The van der Waals surface area contributed by atoms with Crippen molar-refractivity contribution < 1.29 is 14.3 Å². The Morgan fingerprint density at radius 2 is 1.88 bits per heavy atom. The van der Waals surface area contributed by atoms with E-state index in [-0.39, 0.29) is 18.2 Å². The Labute approximate surface area is 208 Å². The Balaban J connectivity index is 1.52. The maximum atomic E-state index is 13.1. The summed E-state index contributed by atoms with van der Waals surface area (Å²) in [4.78, 5) is 32.5. The lowest BCUT2D eigenvalue weighted by Crippen LogP contribution is -2.46. The van der Waals surface area contributed by atoms with Crippen molar-refractivity contribution in [2.45, 2.75) is 18.1 Å². The fourth-order valence-corrected chi connectivity index (χ4v) is 4.74. The van der Waals surface area contributed by atoms with Crippen molar-refractivity contribution in [1.82, 2.24) is 4.90 Å². The summed E-state index contributed by atoms with van der Waals surface area (Å²) in [6.07, 6.45) is 0.743. The maximum absolute atomic E-state index is 13.1. The Morgan fingerprint density at radius 1 is 1.12 bits per heavy atom. The number of carbonyl (C=O) groups excluding carboxylic acids is 2. The van der Waals surface area contributed by atoms with Crippen molar-refractivity contribution in [2.24, 2.45) is 4.99 Å². The van der Waals surface area contributed by atoms with E-state index in [1.54, 1.807) is 36.3 Å². The summed E-state index contributed by atoms with van der Waals surface area (Å²) < 4.78 is 5.22. The van der Waals surface area contributed by atoms with E-state index in [2.05, 4.69) is 5.32 Å². The van der Waals surface area contributed by atoms with Crippen LogP contribution in [0.2, 0.25) is 5.02 Å². The third-order valence-electron chi connectivity index (χ3n) is 5.29.